The van der Waals surface area contributed by atoms with E-state index in [-0.39, 0.29) is 13.2 Å². The fourth-order valence-corrected chi connectivity index (χ4v) is 2.40. The van der Waals surface area contributed by atoms with Gasteiger partial charge in [-0.2, -0.15) is 0 Å². The van der Waals surface area contributed by atoms with E-state index in [0.29, 0.717) is 11.4 Å². The van der Waals surface area contributed by atoms with E-state index in [0.717, 1.165) is 0 Å². The van der Waals surface area contributed by atoms with Crippen LogP contribution in [0.2, 0.25) is 0 Å². The molecule has 140 valence electrons. The average Bonchev–Trinajstić information content (AvgIpc) is 2.77. The van der Waals surface area contributed by atoms with E-state index in [9.17, 15) is 19.2 Å². The Morgan fingerprint density at radius 2 is 1.85 bits per heavy atom. The third-order valence-electron chi connectivity index (χ3n) is 4.08. The first-order valence-corrected chi connectivity index (χ1v) is 8.10. The van der Waals surface area contributed by atoms with E-state index in [1.54, 1.807) is 52.1 Å². The quantitative estimate of drug-likeness (QED) is 0.773. The summed E-state index contributed by atoms with van der Waals surface area (Å²) in [7, 11) is 1.58. The van der Waals surface area contributed by atoms with Gasteiger partial charge in [0.15, 0.2) is 0 Å². The van der Waals surface area contributed by atoms with Gasteiger partial charge in [0.05, 0.1) is 6.61 Å². The first-order valence-electron chi connectivity index (χ1n) is 8.10. The average molecular weight is 362 g/mol. The van der Waals surface area contributed by atoms with Gasteiger partial charge in [-0.15, -0.1) is 0 Å². The molecule has 1 fully saturated rings. The molecule has 0 unspecified atom stereocenters. The van der Waals surface area contributed by atoms with Crippen LogP contribution < -0.4 is 15.5 Å². The summed E-state index contributed by atoms with van der Waals surface area (Å²) in [6.07, 6.45) is -0.476. The number of imide groups is 1. The van der Waals surface area contributed by atoms with E-state index in [1.807, 2.05) is 0 Å². The lowest BCUT2D eigenvalue weighted by atomic mass is 10.0. The number of nitrogens with one attached hydrogen (secondary N) is 2. The van der Waals surface area contributed by atoms with Crippen LogP contribution in [0.3, 0.4) is 0 Å². The molecule has 1 heterocycles. The summed E-state index contributed by atoms with van der Waals surface area (Å²) in [4.78, 5) is 49.9. The molecule has 0 spiro atoms. The summed E-state index contributed by atoms with van der Waals surface area (Å²) in [5.74, 6) is -0.879. The second-order valence-corrected chi connectivity index (χ2v) is 6.26. The topological polar surface area (TPSA) is 108 Å². The van der Waals surface area contributed by atoms with Gasteiger partial charge in [-0.1, -0.05) is 0 Å². The maximum Gasteiger partial charge on any atom is 0.413 e. The highest BCUT2D eigenvalue weighted by Crippen LogP contribution is 2.21. The van der Waals surface area contributed by atoms with Crippen molar-refractivity contribution in [1.29, 1.82) is 0 Å². The summed E-state index contributed by atoms with van der Waals surface area (Å²) in [6, 6.07) is 5.97. The third kappa shape index (κ3) is 3.93. The van der Waals surface area contributed by atoms with Crippen molar-refractivity contribution in [2.24, 2.45) is 0 Å². The van der Waals surface area contributed by atoms with Crippen molar-refractivity contribution < 1.29 is 23.9 Å². The van der Waals surface area contributed by atoms with Crippen LogP contribution in [0.25, 0.3) is 0 Å². The van der Waals surface area contributed by atoms with Gasteiger partial charge in [-0.3, -0.25) is 19.8 Å². The van der Waals surface area contributed by atoms with Crippen LogP contribution in [0.1, 0.15) is 20.8 Å². The highest BCUT2D eigenvalue weighted by atomic mass is 16.6. The SMILES string of the molecule is CCOC(=O)N(C)c1ccc(NC(=O)CN2C(=O)NC(=O)C2(C)C)cc1. The van der Waals surface area contributed by atoms with Crippen LogP contribution in [0.15, 0.2) is 24.3 Å². The van der Waals surface area contributed by atoms with Crippen LogP contribution in [0.4, 0.5) is 21.0 Å². The maximum atomic E-state index is 12.2. The van der Waals surface area contributed by atoms with E-state index in [4.69, 9.17) is 4.74 Å². The Morgan fingerprint density at radius 1 is 1.23 bits per heavy atom. The minimum atomic E-state index is -1.08. The van der Waals surface area contributed by atoms with Crippen LogP contribution in [0, 0.1) is 0 Å². The molecule has 1 aliphatic heterocycles. The number of nitrogens with zero attached hydrogens (tertiary/aromatic N) is 2. The van der Waals surface area contributed by atoms with E-state index in [2.05, 4.69) is 10.6 Å². The zero-order chi connectivity index (χ0) is 19.5. The van der Waals surface area contributed by atoms with Gasteiger partial charge < -0.3 is 15.0 Å². The molecule has 0 atom stereocenters. The summed E-state index contributed by atoms with van der Waals surface area (Å²) in [5.41, 5.74) is 0.0209. The minimum Gasteiger partial charge on any atom is -0.449 e. The first kappa shape index (κ1) is 19.2. The Kier molecular flexibility index (Phi) is 5.49. The van der Waals surface area contributed by atoms with Gasteiger partial charge in [-0.25, -0.2) is 9.59 Å². The zero-order valence-corrected chi connectivity index (χ0v) is 15.2. The minimum absolute atomic E-state index is 0.255. The molecular weight excluding hydrogens is 340 g/mol. The van der Waals surface area contributed by atoms with E-state index in [1.165, 1.54) is 9.80 Å². The van der Waals surface area contributed by atoms with Crippen LogP contribution in [-0.4, -0.2) is 54.6 Å². The molecule has 2 N–H and O–H groups in total. The number of benzene rings is 1. The van der Waals surface area contributed by atoms with Crippen molar-refractivity contribution in [2.75, 3.05) is 30.4 Å². The lowest BCUT2D eigenvalue weighted by Gasteiger charge is -2.27. The predicted octanol–water partition coefficient (Wildman–Crippen LogP) is 1.55. The Bertz CT molecular complexity index is 729. The fourth-order valence-electron chi connectivity index (χ4n) is 2.40. The Labute approximate surface area is 151 Å². The molecule has 2 rings (SSSR count). The second kappa shape index (κ2) is 7.42. The normalized spacial score (nSPS) is 15.5. The molecule has 0 saturated carbocycles. The Morgan fingerprint density at radius 3 is 2.35 bits per heavy atom. The number of amides is 5. The van der Waals surface area contributed by atoms with Crippen molar-refractivity contribution in [2.45, 2.75) is 26.3 Å². The second-order valence-electron chi connectivity index (χ2n) is 6.26. The third-order valence-corrected chi connectivity index (χ3v) is 4.08. The smallest absolute Gasteiger partial charge is 0.413 e. The van der Waals surface area contributed by atoms with Crippen LogP contribution >= 0.6 is 0 Å². The molecule has 0 aromatic heterocycles. The lowest BCUT2D eigenvalue weighted by molar-refractivity contribution is -0.126. The highest BCUT2D eigenvalue weighted by molar-refractivity contribution is 6.08. The largest absolute Gasteiger partial charge is 0.449 e. The van der Waals surface area contributed by atoms with Crippen molar-refractivity contribution in [3.8, 4) is 0 Å². The summed E-state index contributed by atoms with van der Waals surface area (Å²) < 4.78 is 4.91. The van der Waals surface area contributed by atoms with Crippen LogP contribution in [0.5, 0.6) is 0 Å². The standard InChI is InChI=1S/C17H22N4O5/c1-5-26-16(25)20(4)12-8-6-11(7-9-12)18-13(22)10-21-15(24)19-14(23)17(21,2)3/h6-9H,5,10H2,1-4H3,(H,18,22)(H,19,23,24). The lowest BCUT2D eigenvalue weighted by Crippen LogP contribution is -2.47. The molecule has 0 radical (unpaired) electrons. The van der Waals surface area contributed by atoms with Crippen molar-refractivity contribution in [3.05, 3.63) is 24.3 Å². The molecule has 0 bridgehead atoms. The van der Waals surface area contributed by atoms with Gasteiger partial charge in [0, 0.05) is 18.4 Å². The number of urea groups is 1. The van der Waals surface area contributed by atoms with Gasteiger partial charge in [0.1, 0.15) is 12.1 Å². The number of ether oxygens (including phenoxy) is 1. The molecule has 0 aliphatic carbocycles. The number of hydrogen-bond donors (Lipinski definition) is 2. The molecule has 1 aromatic carbocycles. The predicted molar refractivity (Wildman–Crippen MR) is 94.8 cm³/mol. The molecule has 5 amide bonds. The zero-order valence-electron chi connectivity index (χ0n) is 15.2. The number of carbonyl (C=O) groups excluding carboxylic acids is 4. The molecule has 1 aliphatic rings. The first-order chi connectivity index (χ1) is 12.2. The summed E-state index contributed by atoms with van der Waals surface area (Å²) in [6.45, 7) is 4.89. The number of anilines is 2. The van der Waals surface area contributed by atoms with Gasteiger partial charge in [0.25, 0.3) is 5.91 Å². The van der Waals surface area contributed by atoms with Crippen LogP contribution in [-0.2, 0) is 14.3 Å². The molecule has 9 nitrogen and oxygen atoms in total. The highest BCUT2D eigenvalue weighted by Gasteiger charge is 2.46. The summed E-state index contributed by atoms with van der Waals surface area (Å²) >= 11 is 0. The number of rotatable bonds is 5. The monoisotopic (exact) mass is 362 g/mol. The summed E-state index contributed by atoms with van der Waals surface area (Å²) in [5, 5.41) is 4.84. The number of hydrogen-bond acceptors (Lipinski definition) is 5. The van der Waals surface area contributed by atoms with Gasteiger partial charge >= 0.3 is 12.1 Å². The Balaban J connectivity index is 1.99. The number of carbonyl (C=O) groups is 4. The molecule has 9 heteroatoms. The van der Waals surface area contributed by atoms with Gasteiger partial charge in [-0.05, 0) is 45.0 Å². The molecule has 1 saturated heterocycles. The molecule has 26 heavy (non-hydrogen) atoms. The van der Waals surface area contributed by atoms with Gasteiger partial charge in [0.2, 0.25) is 5.91 Å². The fraction of sp³-hybridized carbons (Fsp3) is 0.412. The van der Waals surface area contributed by atoms with E-state index >= 15 is 0 Å². The van der Waals surface area contributed by atoms with E-state index < -0.39 is 29.5 Å². The molecular formula is C17H22N4O5. The van der Waals surface area contributed by atoms with Crippen molar-refractivity contribution in [3.63, 3.8) is 0 Å². The molecule has 1 aromatic rings. The maximum absolute atomic E-state index is 12.2. The van der Waals surface area contributed by atoms with Crippen molar-refractivity contribution >= 4 is 35.3 Å². The van der Waals surface area contributed by atoms with Crippen molar-refractivity contribution in [1.82, 2.24) is 10.2 Å². The Hall–Kier alpha value is -3.10.